The van der Waals surface area contributed by atoms with Crippen LogP contribution in [-0.2, 0) is 0 Å². The lowest BCUT2D eigenvalue weighted by Crippen LogP contribution is -2.61. The fourth-order valence-corrected chi connectivity index (χ4v) is 5.30. The summed E-state index contributed by atoms with van der Waals surface area (Å²) in [6, 6.07) is 24.8. The highest BCUT2D eigenvalue weighted by molar-refractivity contribution is 8.17. The number of hydrogen-bond acceptors (Lipinski definition) is 6. The number of carbonyl (C=O) groups is 1. The number of carbonyl (C=O) groups excluding carboxylic acids is 1. The molecule has 3 aromatic carbocycles. The molecule has 6 rings (SSSR count). The predicted octanol–water partition coefficient (Wildman–Crippen LogP) is 5.09. The first-order chi connectivity index (χ1) is 15.6. The van der Waals surface area contributed by atoms with Gasteiger partial charge in [0, 0.05) is 12.0 Å². The SMILES string of the molecule is O=C1NC2(Oc3ccccc3C3CC(c4ccccc4)=NN32)C(=Cc2ccc(O)cc2)S1. The number of phenols is 1. The Balaban J connectivity index is 1.51. The second kappa shape index (κ2) is 7.17. The number of hydrogen-bond donors (Lipinski definition) is 2. The van der Waals surface area contributed by atoms with E-state index in [1.165, 1.54) is 0 Å². The predicted molar refractivity (Wildman–Crippen MR) is 124 cm³/mol. The summed E-state index contributed by atoms with van der Waals surface area (Å²) in [5, 5.41) is 19.3. The molecule has 32 heavy (non-hydrogen) atoms. The van der Waals surface area contributed by atoms with Gasteiger partial charge >= 0.3 is 5.85 Å². The van der Waals surface area contributed by atoms with E-state index in [1.54, 1.807) is 24.3 Å². The normalized spacial score (nSPS) is 24.7. The summed E-state index contributed by atoms with van der Waals surface area (Å²) in [7, 11) is 0. The van der Waals surface area contributed by atoms with E-state index in [-0.39, 0.29) is 17.0 Å². The lowest BCUT2D eigenvalue weighted by Gasteiger charge is -2.45. The van der Waals surface area contributed by atoms with Gasteiger partial charge in [-0.2, -0.15) is 5.10 Å². The minimum atomic E-state index is -1.23. The van der Waals surface area contributed by atoms with Gasteiger partial charge in [0.15, 0.2) is 0 Å². The topological polar surface area (TPSA) is 74.2 Å². The summed E-state index contributed by atoms with van der Waals surface area (Å²) in [5.74, 6) is -0.304. The first-order valence-corrected chi connectivity index (χ1v) is 11.2. The molecule has 158 valence electrons. The van der Waals surface area contributed by atoms with Gasteiger partial charge in [-0.05, 0) is 47.2 Å². The number of para-hydroxylation sites is 1. The van der Waals surface area contributed by atoms with Gasteiger partial charge in [-0.1, -0.05) is 60.7 Å². The molecular formula is C25H19N3O3S. The third-order valence-electron chi connectivity index (χ3n) is 5.87. The highest BCUT2D eigenvalue weighted by Gasteiger charge is 2.58. The van der Waals surface area contributed by atoms with Crippen molar-refractivity contribution in [3.8, 4) is 11.5 Å². The van der Waals surface area contributed by atoms with Gasteiger partial charge in [0.05, 0.1) is 16.7 Å². The molecule has 0 aliphatic carbocycles. The Morgan fingerprint density at radius 3 is 2.62 bits per heavy atom. The van der Waals surface area contributed by atoms with Gasteiger partial charge in [-0.15, -0.1) is 0 Å². The highest BCUT2D eigenvalue weighted by Crippen LogP contribution is 2.52. The number of benzene rings is 3. The number of aromatic hydroxyl groups is 1. The minimum Gasteiger partial charge on any atom is -0.508 e. The molecule has 3 aromatic rings. The summed E-state index contributed by atoms with van der Waals surface area (Å²) in [6.07, 6.45) is 2.61. The Hall–Kier alpha value is -3.71. The van der Waals surface area contributed by atoms with Crippen LogP contribution in [0.2, 0.25) is 0 Å². The summed E-state index contributed by atoms with van der Waals surface area (Å²) in [4.78, 5) is 13.3. The van der Waals surface area contributed by atoms with Gasteiger partial charge < -0.3 is 9.84 Å². The fraction of sp³-hybridized carbons (Fsp3) is 0.120. The molecule has 1 fully saturated rings. The number of nitrogens with one attached hydrogen (secondary N) is 1. The molecule has 2 atom stereocenters. The van der Waals surface area contributed by atoms with Crippen LogP contribution in [0, 0.1) is 0 Å². The number of rotatable bonds is 2. The van der Waals surface area contributed by atoms with Crippen molar-refractivity contribution in [3.63, 3.8) is 0 Å². The van der Waals surface area contributed by atoms with E-state index in [0.29, 0.717) is 11.3 Å². The smallest absolute Gasteiger partial charge is 0.314 e. The Morgan fingerprint density at radius 1 is 1.06 bits per heavy atom. The number of amides is 1. The van der Waals surface area contributed by atoms with Crippen molar-refractivity contribution in [2.45, 2.75) is 18.3 Å². The second-order valence-electron chi connectivity index (χ2n) is 7.88. The van der Waals surface area contributed by atoms with Gasteiger partial charge in [0.2, 0.25) is 0 Å². The molecule has 3 aliphatic heterocycles. The number of fused-ring (bicyclic) bond motifs is 4. The molecular weight excluding hydrogens is 422 g/mol. The quantitative estimate of drug-likeness (QED) is 0.580. The van der Waals surface area contributed by atoms with Crippen LogP contribution in [-0.4, -0.2) is 26.9 Å². The lowest BCUT2D eigenvalue weighted by atomic mass is 9.95. The standard InChI is InChI=1S/C25H19N3O3S/c29-18-12-10-16(11-13-18)14-23-25(26-24(30)32-23)28-21(19-8-4-5-9-22(19)31-25)15-20(27-28)17-6-2-1-3-7-17/h1-14,21,29H,15H2,(H,26,30). The molecule has 2 unspecified atom stereocenters. The van der Waals surface area contributed by atoms with E-state index in [9.17, 15) is 9.90 Å². The summed E-state index contributed by atoms with van der Waals surface area (Å²) < 4.78 is 6.51. The van der Waals surface area contributed by atoms with E-state index in [4.69, 9.17) is 9.84 Å². The van der Waals surface area contributed by atoms with E-state index in [2.05, 4.69) is 11.4 Å². The number of nitrogens with zero attached hydrogens (tertiary/aromatic N) is 2. The van der Waals surface area contributed by atoms with E-state index >= 15 is 0 Å². The molecule has 1 saturated heterocycles. The van der Waals surface area contributed by atoms with Crippen molar-refractivity contribution < 1.29 is 14.6 Å². The average molecular weight is 442 g/mol. The van der Waals surface area contributed by atoms with Crippen LogP contribution < -0.4 is 10.1 Å². The lowest BCUT2D eigenvalue weighted by molar-refractivity contribution is -0.0949. The maximum atomic E-state index is 12.6. The zero-order chi connectivity index (χ0) is 21.7. The molecule has 6 nitrogen and oxygen atoms in total. The highest BCUT2D eigenvalue weighted by atomic mass is 32.2. The van der Waals surface area contributed by atoms with Crippen LogP contribution in [0.4, 0.5) is 4.79 Å². The molecule has 0 radical (unpaired) electrons. The summed E-state index contributed by atoms with van der Waals surface area (Å²) >= 11 is 1.10. The van der Waals surface area contributed by atoms with Crippen molar-refractivity contribution in [2.75, 3.05) is 0 Å². The Bertz CT molecular complexity index is 1270. The van der Waals surface area contributed by atoms with Crippen LogP contribution >= 0.6 is 11.8 Å². The van der Waals surface area contributed by atoms with Crippen LogP contribution in [0.25, 0.3) is 6.08 Å². The molecule has 0 bridgehead atoms. The summed E-state index contributed by atoms with van der Waals surface area (Å²) in [5.41, 5.74) is 3.90. The van der Waals surface area contributed by atoms with Gasteiger partial charge in [-0.3, -0.25) is 10.1 Å². The fourth-order valence-electron chi connectivity index (χ4n) is 4.39. The van der Waals surface area contributed by atoms with E-state index < -0.39 is 5.85 Å². The Kier molecular flexibility index (Phi) is 4.26. The van der Waals surface area contributed by atoms with Crippen molar-refractivity contribution in [1.29, 1.82) is 0 Å². The van der Waals surface area contributed by atoms with Crippen LogP contribution in [0.1, 0.15) is 29.2 Å². The summed E-state index contributed by atoms with van der Waals surface area (Å²) in [6.45, 7) is 0. The Morgan fingerprint density at radius 2 is 1.81 bits per heavy atom. The second-order valence-corrected chi connectivity index (χ2v) is 8.89. The zero-order valence-corrected chi connectivity index (χ0v) is 17.8. The van der Waals surface area contributed by atoms with Crippen molar-refractivity contribution >= 4 is 28.8 Å². The third kappa shape index (κ3) is 2.97. The molecule has 1 amide bonds. The van der Waals surface area contributed by atoms with Crippen LogP contribution in [0.3, 0.4) is 0 Å². The number of hydrazone groups is 1. The van der Waals surface area contributed by atoms with Crippen LogP contribution in [0.15, 0.2) is 88.9 Å². The number of thioether (sulfide) groups is 1. The van der Waals surface area contributed by atoms with Crippen molar-refractivity contribution in [2.24, 2.45) is 5.10 Å². The first kappa shape index (κ1) is 19.0. The van der Waals surface area contributed by atoms with Crippen molar-refractivity contribution in [1.82, 2.24) is 10.3 Å². The van der Waals surface area contributed by atoms with Gasteiger partial charge in [0.1, 0.15) is 11.5 Å². The maximum Gasteiger partial charge on any atom is 0.314 e. The molecule has 3 aliphatic rings. The zero-order valence-electron chi connectivity index (χ0n) is 16.9. The molecule has 2 N–H and O–H groups in total. The molecule has 0 aromatic heterocycles. The average Bonchev–Trinajstić information content (AvgIpc) is 3.39. The minimum absolute atomic E-state index is 0.0719. The third-order valence-corrected chi connectivity index (χ3v) is 6.78. The van der Waals surface area contributed by atoms with E-state index in [1.807, 2.05) is 59.6 Å². The molecule has 1 spiro atoms. The number of ether oxygens (including phenoxy) is 1. The first-order valence-electron chi connectivity index (χ1n) is 10.3. The largest absolute Gasteiger partial charge is 0.508 e. The monoisotopic (exact) mass is 441 g/mol. The molecule has 3 heterocycles. The van der Waals surface area contributed by atoms with Crippen molar-refractivity contribution in [3.05, 3.63) is 100 Å². The van der Waals surface area contributed by atoms with Crippen LogP contribution in [0.5, 0.6) is 11.5 Å². The molecule has 7 heteroatoms. The Labute approximate surface area is 189 Å². The van der Waals surface area contributed by atoms with Gasteiger partial charge in [-0.25, -0.2) is 5.01 Å². The van der Waals surface area contributed by atoms with Gasteiger partial charge in [0.25, 0.3) is 5.24 Å². The maximum absolute atomic E-state index is 12.6. The van der Waals surface area contributed by atoms with E-state index in [0.717, 1.165) is 39.9 Å². The number of phenolic OH excluding ortho intramolecular Hbond substituents is 1. The molecule has 0 saturated carbocycles.